The van der Waals surface area contributed by atoms with Gasteiger partial charge in [0.15, 0.2) is 0 Å². The first kappa shape index (κ1) is 13.6. The fraction of sp³-hybridized carbons (Fsp3) is 1.00. The molecule has 7 atom stereocenters. The van der Waals surface area contributed by atoms with E-state index in [0.717, 1.165) is 30.1 Å². The Morgan fingerprint density at radius 3 is 2.40 bits per heavy atom. The van der Waals surface area contributed by atoms with Gasteiger partial charge in [0.1, 0.15) is 0 Å². The van der Waals surface area contributed by atoms with E-state index in [1.807, 2.05) is 0 Å². The van der Waals surface area contributed by atoms with Gasteiger partial charge >= 0.3 is 0 Å². The lowest BCUT2D eigenvalue weighted by Gasteiger charge is -2.60. The average molecular weight is 276 g/mol. The van der Waals surface area contributed by atoms with E-state index in [-0.39, 0.29) is 11.5 Å². The van der Waals surface area contributed by atoms with Gasteiger partial charge in [0.25, 0.3) is 0 Å². The zero-order chi connectivity index (χ0) is 14.0. The van der Waals surface area contributed by atoms with Gasteiger partial charge in [-0.1, -0.05) is 26.7 Å². The lowest BCUT2D eigenvalue weighted by Crippen LogP contribution is -2.53. The van der Waals surface area contributed by atoms with E-state index >= 15 is 0 Å². The summed E-state index contributed by atoms with van der Waals surface area (Å²) in [6.07, 6.45) is 14.0. The van der Waals surface area contributed by atoms with Gasteiger partial charge in [-0.05, 0) is 85.9 Å². The molecule has 0 aliphatic heterocycles. The molecule has 0 bridgehead atoms. The van der Waals surface area contributed by atoms with Crippen molar-refractivity contribution >= 4 is 0 Å². The minimum Gasteiger partial charge on any atom is -0.393 e. The maximum Gasteiger partial charge on any atom is 0.0596 e. The first-order valence-corrected chi connectivity index (χ1v) is 9.24. The molecule has 20 heavy (non-hydrogen) atoms. The van der Waals surface area contributed by atoms with Crippen LogP contribution in [0.3, 0.4) is 0 Å². The maximum absolute atomic E-state index is 10.5. The molecular formula is C19H32O. The predicted molar refractivity (Wildman–Crippen MR) is 82.4 cm³/mol. The van der Waals surface area contributed by atoms with Gasteiger partial charge in [-0.2, -0.15) is 0 Å². The highest BCUT2D eigenvalue weighted by atomic mass is 16.3. The molecule has 0 amide bonds. The summed E-state index contributed by atoms with van der Waals surface area (Å²) in [5.41, 5.74) is 0.912. The second-order valence-electron chi connectivity index (χ2n) is 9.04. The lowest BCUT2D eigenvalue weighted by atomic mass is 9.45. The molecule has 114 valence electrons. The van der Waals surface area contributed by atoms with Crippen molar-refractivity contribution in [2.75, 3.05) is 0 Å². The zero-order valence-corrected chi connectivity index (χ0v) is 13.4. The fourth-order valence-corrected chi connectivity index (χ4v) is 7.27. The second-order valence-corrected chi connectivity index (χ2v) is 9.04. The molecule has 4 fully saturated rings. The molecule has 0 heterocycles. The molecule has 4 aliphatic rings. The highest BCUT2D eigenvalue weighted by Gasteiger charge is 2.59. The third kappa shape index (κ3) is 1.65. The highest BCUT2D eigenvalue weighted by Crippen LogP contribution is 2.66. The summed E-state index contributed by atoms with van der Waals surface area (Å²) in [5, 5.41) is 10.5. The van der Waals surface area contributed by atoms with Crippen molar-refractivity contribution in [3.63, 3.8) is 0 Å². The van der Waals surface area contributed by atoms with E-state index in [2.05, 4.69) is 13.8 Å². The summed E-state index contributed by atoms with van der Waals surface area (Å²) in [7, 11) is 0. The number of hydrogen-bond donors (Lipinski definition) is 1. The monoisotopic (exact) mass is 276 g/mol. The minimum atomic E-state index is -0.00895. The molecular weight excluding hydrogens is 244 g/mol. The molecule has 0 radical (unpaired) electrons. The first-order chi connectivity index (χ1) is 9.56. The Balaban J connectivity index is 1.64. The Bertz CT molecular complexity index is 391. The van der Waals surface area contributed by atoms with E-state index in [4.69, 9.17) is 0 Å². The highest BCUT2D eigenvalue weighted by molar-refractivity contribution is 5.08. The molecule has 4 aliphatic carbocycles. The van der Waals surface area contributed by atoms with Crippen molar-refractivity contribution in [1.82, 2.24) is 0 Å². The number of aliphatic hydroxyl groups excluding tert-OH is 1. The van der Waals surface area contributed by atoms with Gasteiger partial charge in [-0.3, -0.25) is 0 Å². The van der Waals surface area contributed by atoms with Crippen LogP contribution in [-0.2, 0) is 0 Å². The van der Waals surface area contributed by atoms with Crippen LogP contribution in [-0.4, -0.2) is 11.2 Å². The Morgan fingerprint density at radius 2 is 1.55 bits per heavy atom. The van der Waals surface area contributed by atoms with Crippen molar-refractivity contribution in [1.29, 1.82) is 0 Å². The fourth-order valence-electron chi connectivity index (χ4n) is 7.27. The van der Waals surface area contributed by atoms with Crippen LogP contribution in [0.1, 0.15) is 78.1 Å². The van der Waals surface area contributed by atoms with Crippen LogP contribution in [0, 0.1) is 34.5 Å². The molecule has 0 aromatic heterocycles. The Kier molecular flexibility index (Phi) is 3.05. The molecule has 1 heteroatoms. The average Bonchev–Trinajstić information content (AvgIpc) is 2.74. The zero-order valence-electron chi connectivity index (χ0n) is 13.4. The van der Waals surface area contributed by atoms with Crippen LogP contribution in [0.4, 0.5) is 0 Å². The van der Waals surface area contributed by atoms with Gasteiger partial charge < -0.3 is 5.11 Å². The van der Waals surface area contributed by atoms with E-state index in [1.165, 1.54) is 57.8 Å². The van der Waals surface area contributed by atoms with E-state index in [0.29, 0.717) is 5.41 Å². The smallest absolute Gasteiger partial charge is 0.0596 e. The van der Waals surface area contributed by atoms with Crippen molar-refractivity contribution in [2.24, 2.45) is 34.5 Å². The third-order valence-corrected chi connectivity index (χ3v) is 8.53. The van der Waals surface area contributed by atoms with E-state index < -0.39 is 0 Å². The lowest BCUT2D eigenvalue weighted by molar-refractivity contribution is -0.120. The Labute approximate surface area is 124 Å². The molecule has 3 unspecified atom stereocenters. The second kappa shape index (κ2) is 4.48. The number of hydrogen-bond acceptors (Lipinski definition) is 1. The van der Waals surface area contributed by atoms with Crippen LogP contribution in [0.5, 0.6) is 0 Å². The minimum absolute atomic E-state index is 0.00895. The maximum atomic E-state index is 10.5. The van der Waals surface area contributed by atoms with Crippen LogP contribution < -0.4 is 0 Å². The van der Waals surface area contributed by atoms with Gasteiger partial charge in [0, 0.05) is 0 Å². The topological polar surface area (TPSA) is 20.2 Å². The van der Waals surface area contributed by atoms with Crippen molar-refractivity contribution in [3.05, 3.63) is 0 Å². The van der Waals surface area contributed by atoms with Crippen LogP contribution in [0.25, 0.3) is 0 Å². The van der Waals surface area contributed by atoms with Crippen LogP contribution in [0.15, 0.2) is 0 Å². The normalized spacial score (nSPS) is 58.6. The van der Waals surface area contributed by atoms with Crippen LogP contribution in [0.2, 0.25) is 0 Å². The summed E-state index contributed by atoms with van der Waals surface area (Å²) in [5.74, 6) is 3.76. The quantitative estimate of drug-likeness (QED) is 0.675. The molecule has 0 aromatic carbocycles. The predicted octanol–water partition coefficient (Wildman–Crippen LogP) is 4.78. The molecule has 1 nitrogen and oxygen atoms in total. The van der Waals surface area contributed by atoms with Gasteiger partial charge in [-0.25, -0.2) is 0 Å². The molecule has 4 saturated carbocycles. The van der Waals surface area contributed by atoms with E-state index in [1.54, 1.807) is 0 Å². The summed E-state index contributed by atoms with van der Waals surface area (Å²) >= 11 is 0. The molecule has 0 aromatic rings. The molecule has 0 saturated heterocycles. The third-order valence-electron chi connectivity index (χ3n) is 8.53. The summed E-state index contributed by atoms with van der Waals surface area (Å²) in [6, 6.07) is 0. The SMILES string of the molecule is C[C@@]12CCCC[C@H]1CCC1C2CC[C@]2(C)C1CC[C@H]2O. The molecule has 4 rings (SSSR count). The summed E-state index contributed by atoms with van der Waals surface area (Å²) in [4.78, 5) is 0. The molecule has 1 N–H and O–H groups in total. The van der Waals surface area contributed by atoms with E-state index in [9.17, 15) is 5.11 Å². The summed E-state index contributed by atoms with van der Waals surface area (Å²) < 4.78 is 0. The standard InChI is InChI=1S/C19H32O/c1-18-11-4-3-5-13(18)6-7-14-15-8-9-17(20)19(15,2)12-10-16(14)18/h13-17,20H,3-12H2,1-2H3/t13-,14?,15?,16?,17+,18+,19+/m0/s1. The largest absolute Gasteiger partial charge is 0.393 e. The first-order valence-electron chi connectivity index (χ1n) is 9.24. The van der Waals surface area contributed by atoms with Crippen molar-refractivity contribution < 1.29 is 5.11 Å². The summed E-state index contributed by atoms with van der Waals surface area (Å²) in [6.45, 7) is 5.04. The van der Waals surface area contributed by atoms with Gasteiger partial charge in [0.05, 0.1) is 6.10 Å². The van der Waals surface area contributed by atoms with Crippen molar-refractivity contribution in [2.45, 2.75) is 84.2 Å². The number of aliphatic hydroxyl groups is 1. The Morgan fingerprint density at radius 1 is 0.750 bits per heavy atom. The van der Waals surface area contributed by atoms with Crippen molar-refractivity contribution in [3.8, 4) is 0 Å². The number of rotatable bonds is 0. The molecule has 0 spiro atoms. The van der Waals surface area contributed by atoms with Gasteiger partial charge in [-0.15, -0.1) is 0 Å². The Hall–Kier alpha value is -0.0400. The van der Waals surface area contributed by atoms with Crippen LogP contribution >= 0.6 is 0 Å². The van der Waals surface area contributed by atoms with Gasteiger partial charge in [0.2, 0.25) is 0 Å². The number of fused-ring (bicyclic) bond motifs is 5.